The topological polar surface area (TPSA) is 72.9 Å². The molecule has 116 valence electrons. The van der Waals surface area contributed by atoms with E-state index in [-0.39, 0.29) is 5.75 Å². The van der Waals surface area contributed by atoms with Crippen LogP contribution in [0.5, 0.6) is 5.75 Å². The summed E-state index contributed by atoms with van der Waals surface area (Å²) in [4.78, 5) is 41.8. The third-order valence-electron chi connectivity index (χ3n) is 3.64. The first-order valence-electron chi connectivity index (χ1n) is 6.88. The molecule has 0 saturated heterocycles. The predicted molar refractivity (Wildman–Crippen MR) is 80.1 cm³/mol. The van der Waals surface area contributed by atoms with Crippen LogP contribution in [0.1, 0.15) is 36.6 Å². The smallest absolute Gasteiger partial charge is 0.338 e. The van der Waals surface area contributed by atoms with Gasteiger partial charge in [0.25, 0.3) is 11.8 Å². The quantitative estimate of drug-likeness (QED) is 0.643. The van der Waals surface area contributed by atoms with Crippen molar-refractivity contribution in [3.63, 3.8) is 0 Å². The number of esters is 1. The van der Waals surface area contributed by atoms with Crippen molar-refractivity contribution < 1.29 is 24.0 Å². The average Bonchev–Trinajstić information content (AvgIpc) is 2.81. The fourth-order valence-corrected chi connectivity index (χ4v) is 2.39. The van der Waals surface area contributed by atoms with Crippen molar-refractivity contribution >= 4 is 17.8 Å². The molecule has 0 radical (unpaired) electrons. The molecule has 0 unspecified atom stereocenters. The molecule has 0 bridgehead atoms. The Hall–Kier alpha value is -3.15. The maximum Gasteiger partial charge on any atom is 0.338 e. The third-order valence-corrected chi connectivity index (χ3v) is 3.64. The zero-order valence-corrected chi connectivity index (χ0v) is 12.5. The van der Waals surface area contributed by atoms with E-state index in [0.29, 0.717) is 27.3 Å². The van der Waals surface area contributed by atoms with E-state index in [2.05, 4.69) is 0 Å². The molecule has 0 aromatic heterocycles. The fraction of sp³-hybridized carbons (Fsp3) is 0.118. The fourth-order valence-electron chi connectivity index (χ4n) is 2.39. The molecule has 2 amide bonds. The van der Waals surface area contributed by atoms with Gasteiger partial charge in [-0.15, -0.1) is 0 Å². The number of imide groups is 1. The van der Waals surface area contributed by atoms with Gasteiger partial charge in [-0.2, -0.15) is 0 Å². The molecule has 0 aliphatic carbocycles. The van der Waals surface area contributed by atoms with Crippen molar-refractivity contribution in [2.45, 2.75) is 6.92 Å². The Kier molecular flexibility index (Phi) is 3.57. The highest BCUT2D eigenvalue weighted by molar-refractivity contribution is 6.20. The predicted octanol–water partition coefficient (Wildman–Crippen LogP) is 2.37. The lowest BCUT2D eigenvalue weighted by molar-refractivity contribution is -0.0144. The van der Waals surface area contributed by atoms with Crippen LogP contribution in [0.4, 0.5) is 0 Å². The Labute approximate surface area is 132 Å². The number of nitrogens with zero attached hydrogens (tertiary/aromatic N) is 1. The first-order valence-corrected chi connectivity index (χ1v) is 6.88. The van der Waals surface area contributed by atoms with Gasteiger partial charge in [0.1, 0.15) is 0 Å². The Morgan fingerprint density at radius 3 is 2.13 bits per heavy atom. The van der Waals surface area contributed by atoms with Crippen LogP contribution in [0.25, 0.3) is 0 Å². The molecule has 3 rings (SSSR count). The van der Waals surface area contributed by atoms with E-state index in [0.717, 1.165) is 0 Å². The maximum absolute atomic E-state index is 12.3. The number of methoxy groups -OCH3 is 1. The SMILES string of the molecule is COC(=O)c1cccc(ON2C(=O)c3ccccc3C2=O)c1C. The van der Waals surface area contributed by atoms with Crippen molar-refractivity contribution in [2.75, 3.05) is 7.11 Å². The number of hydrogen-bond acceptors (Lipinski definition) is 5. The molecule has 0 N–H and O–H groups in total. The van der Waals surface area contributed by atoms with Gasteiger partial charge in [-0.25, -0.2) is 4.79 Å². The van der Waals surface area contributed by atoms with Gasteiger partial charge in [-0.1, -0.05) is 23.3 Å². The van der Waals surface area contributed by atoms with Gasteiger partial charge in [0.15, 0.2) is 5.75 Å². The number of carbonyl (C=O) groups is 3. The first-order chi connectivity index (χ1) is 11.0. The van der Waals surface area contributed by atoms with Crippen LogP contribution >= 0.6 is 0 Å². The van der Waals surface area contributed by atoms with Crippen LogP contribution < -0.4 is 4.84 Å². The summed E-state index contributed by atoms with van der Waals surface area (Å²) < 4.78 is 4.69. The van der Waals surface area contributed by atoms with Crippen LogP contribution in [0, 0.1) is 6.92 Å². The minimum atomic E-state index is -0.534. The normalized spacial score (nSPS) is 13.0. The average molecular weight is 311 g/mol. The van der Waals surface area contributed by atoms with E-state index >= 15 is 0 Å². The van der Waals surface area contributed by atoms with Crippen molar-refractivity contribution in [3.8, 4) is 5.75 Å². The second-order valence-electron chi connectivity index (χ2n) is 4.96. The summed E-state index contributed by atoms with van der Waals surface area (Å²) in [6, 6.07) is 11.2. The number of hydrogen-bond donors (Lipinski definition) is 0. The zero-order chi connectivity index (χ0) is 16.6. The Bertz CT molecular complexity index is 792. The molecule has 23 heavy (non-hydrogen) atoms. The van der Waals surface area contributed by atoms with Gasteiger partial charge in [-0.05, 0) is 31.2 Å². The number of rotatable bonds is 3. The van der Waals surface area contributed by atoms with Gasteiger partial charge in [0, 0.05) is 5.56 Å². The summed E-state index contributed by atoms with van der Waals surface area (Å²) in [5, 5.41) is 0.702. The molecule has 2 aromatic rings. The number of ether oxygens (including phenoxy) is 1. The lowest BCUT2D eigenvalue weighted by Crippen LogP contribution is -2.33. The van der Waals surface area contributed by atoms with Crippen LogP contribution in [0.2, 0.25) is 0 Å². The molecule has 2 aromatic carbocycles. The monoisotopic (exact) mass is 311 g/mol. The summed E-state index contributed by atoms with van der Waals surface area (Å²) in [7, 11) is 1.28. The molecule has 1 aliphatic heterocycles. The van der Waals surface area contributed by atoms with Crippen LogP contribution in [-0.4, -0.2) is 30.0 Å². The second-order valence-corrected chi connectivity index (χ2v) is 4.96. The second kappa shape index (κ2) is 5.57. The molecule has 0 fully saturated rings. The molecule has 6 nitrogen and oxygen atoms in total. The number of fused-ring (bicyclic) bond motifs is 1. The van der Waals surface area contributed by atoms with Gasteiger partial charge < -0.3 is 9.57 Å². The van der Waals surface area contributed by atoms with E-state index < -0.39 is 17.8 Å². The first kappa shape index (κ1) is 14.8. The molecular formula is C17H13NO5. The van der Waals surface area contributed by atoms with Gasteiger partial charge >= 0.3 is 5.97 Å². The highest BCUT2D eigenvalue weighted by atomic mass is 16.7. The maximum atomic E-state index is 12.3. The summed E-state index contributed by atoms with van der Waals surface area (Å²) in [5.41, 5.74) is 1.37. The van der Waals surface area contributed by atoms with Gasteiger partial charge in [0.05, 0.1) is 23.8 Å². The number of hydroxylamine groups is 2. The number of benzene rings is 2. The Morgan fingerprint density at radius 1 is 0.957 bits per heavy atom. The largest absolute Gasteiger partial charge is 0.465 e. The summed E-state index contributed by atoms with van der Waals surface area (Å²) in [5.74, 6) is -1.35. The summed E-state index contributed by atoms with van der Waals surface area (Å²) in [6.45, 7) is 1.65. The van der Waals surface area contributed by atoms with E-state index in [9.17, 15) is 14.4 Å². The third kappa shape index (κ3) is 2.34. The van der Waals surface area contributed by atoms with E-state index in [1.807, 2.05) is 0 Å². The molecule has 0 saturated carbocycles. The van der Waals surface area contributed by atoms with Gasteiger partial charge in [-0.3, -0.25) is 9.59 Å². The molecule has 0 spiro atoms. The highest BCUT2D eigenvalue weighted by Gasteiger charge is 2.37. The summed E-state index contributed by atoms with van der Waals surface area (Å²) >= 11 is 0. The molecular weight excluding hydrogens is 298 g/mol. The molecule has 6 heteroatoms. The number of amides is 2. The summed E-state index contributed by atoms with van der Waals surface area (Å²) in [6.07, 6.45) is 0. The van der Waals surface area contributed by atoms with Crippen molar-refractivity contribution in [1.82, 2.24) is 5.06 Å². The Morgan fingerprint density at radius 2 is 1.57 bits per heavy atom. The van der Waals surface area contributed by atoms with Crippen LogP contribution in [0.3, 0.4) is 0 Å². The number of carbonyl (C=O) groups excluding carboxylic acids is 3. The van der Waals surface area contributed by atoms with Crippen molar-refractivity contribution in [3.05, 3.63) is 64.7 Å². The van der Waals surface area contributed by atoms with Gasteiger partial charge in [0.2, 0.25) is 0 Å². The standard InChI is InChI=1S/C17H13NO5/c1-10-11(17(21)22-2)8-5-9-14(10)23-18-15(19)12-6-3-4-7-13(12)16(18)20/h3-9H,1-2H3. The molecule has 1 aliphatic rings. The minimum absolute atomic E-state index is 0.238. The van der Waals surface area contributed by atoms with E-state index in [1.54, 1.807) is 49.4 Å². The van der Waals surface area contributed by atoms with Crippen LogP contribution in [0.15, 0.2) is 42.5 Å². The van der Waals surface area contributed by atoms with Crippen molar-refractivity contribution in [2.24, 2.45) is 0 Å². The Balaban J connectivity index is 1.94. The lowest BCUT2D eigenvalue weighted by Gasteiger charge is -2.17. The van der Waals surface area contributed by atoms with E-state index in [1.165, 1.54) is 7.11 Å². The highest BCUT2D eigenvalue weighted by Crippen LogP contribution is 2.27. The molecule has 0 atom stereocenters. The lowest BCUT2D eigenvalue weighted by atomic mass is 10.1. The van der Waals surface area contributed by atoms with Crippen LogP contribution in [-0.2, 0) is 4.74 Å². The van der Waals surface area contributed by atoms with E-state index in [4.69, 9.17) is 9.57 Å². The van der Waals surface area contributed by atoms with Crippen molar-refractivity contribution in [1.29, 1.82) is 0 Å². The zero-order valence-electron chi connectivity index (χ0n) is 12.5. The minimum Gasteiger partial charge on any atom is -0.465 e. The molecule has 1 heterocycles.